The fourth-order valence-corrected chi connectivity index (χ4v) is 3.86. The van der Waals surface area contributed by atoms with Gasteiger partial charge in [0.25, 0.3) is 0 Å². The number of hydrogen-bond donors (Lipinski definition) is 1. The number of anilines is 1. The number of fused-ring (bicyclic) bond motifs is 2. The molecule has 1 saturated carbocycles. The van der Waals surface area contributed by atoms with Gasteiger partial charge in [-0.1, -0.05) is 38.1 Å². The number of benzene rings is 1. The molecular weight excluding hydrogens is 256 g/mol. The van der Waals surface area contributed by atoms with E-state index < -0.39 is 0 Å². The highest BCUT2D eigenvalue weighted by molar-refractivity contribution is 5.45. The van der Waals surface area contributed by atoms with E-state index in [0.717, 1.165) is 43.9 Å². The highest BCUT2D eigenvalue weighted by Gasteiger charge is 2.35. The fourth-order valence-electron chi connectivity index (χ4n) is 3.86. The van der Waals surface area contributed by atoms with Gasteiger partial charge in [0.05, 0.1) is 0 Å². The lowest BCUT2D eigenvalue weighted by Gasteiger charge is -2.21. The van der Waals surface area contributed by atoms with Crippen LogP contribution in [0, 0.1) is 17.8 Å². The Morgan fingerprint density at radius 2 is 2.00 bits per heavy atom. The van der Waals surface area contributed by atoms with Gasteiger partial charge in [-0.15, -0.1) is 0 Å². The van der Waals surface area contributed by atoms with Crippen molar-refractivity contribution in [1.29, 1.82) is 0 Å². The second-order valence-electron chi connectivity index (χ2n) is 6.58. The summed E-state index contributed by atoms with van der Waals surface area (Å²) in [6.07, 6.45) is 7.64. The molecule has 0 saturated heterocycles. The summed E-state index contributed by atoms with van der Waals surface area (Å²) in [6.45, 7) is 8.87. The molecule has 0 amide bonds. The summed E-state index contributed by atoms with van der Waals surface area (Å²) in [4.78, 5) is 2.46. The van der Waals surface area contributed by atoms with Crippen molar-refractivity contribution in [3.63, 3.8) is 0 Å². The van der Waals surface area contributed by atoms with Crippen molar-refractivity contribution in [2.75, 3.05) is 25.0 Å². The van der Waals surface area contributed by atoms with Crippen LogP contribution in [0.4, 0.5) is 5.69 Å². The largest absolute Gasteiger partial charge is 0.385 e. The highest BCUT2D eigenvalue weighted by Crippen LogP contribution is 2.43. The van der Waals surface area contributed by atoms with Crippen LogP contribution < -0.4 is 5.32 Å². The van der Waals surface area contributed by atoms with Crippen LogP contribution in [-0.4, -0.2) is 24.5 Å². The van der Waals surface area contributed by atoms with Crippen molar-refractivity contribution in [3.8, 4) is 0 Å². The fraction of sp³-hybridized carbons (Fsp3) is 0.579. The van der Waals surface area contributed by atoms with E-state index in [1.54, 1.807) is 0 Å². The molecule has 3 atom stereocenters. The van der Waals surface area contributed by atoms with Gasteiger partial charge in [0, 0.05) is 18.8 Å². The van der Waals surface area contributed by atoms with Crippen molar-refractivity contribution in [1.82, 2.24) is 4.90 Å². The average Bonchev–Trinajstić information content (AvgIpc) is 3.14. The average molecular weight is 284 g/mol. The first-order valence-corrected chi connectivity index (χ1v) is 8.52. The zero-order chi connectivity index (χ0) is 14.7. The Kier molecular flexibility index (Phi) is 4.64. The number of nitrogens with one attached hydrogen (secondary N) is 1. The molecule has 3 rings (SSSR count). The minimum Gasteiger partial charge on any atom is -0.385 e. The monoisotopic (exact) mass is 284 g/mol. The highest BCUT2D eigenvalue weighted by atomic mass is 15.1. The predicted octanol–water partition coefficient (Wildman–Crippen LogP) is 4.15. The third-order valence-corrected chi connectivity index (χ3v) is 5.21. The molecule has 21 heavy (non-hydrogen) atoms. The number of nitrogens with zero attached hydrogens (tertiary/aromatic N) is 1. The van der Waals surface area contributed by atoms with Gasteiger partial charge in [0.2, 0.25) is 0 Å². The maximum Gasteiger partial charge on any atom is 0.0343 e. The van der Waals surface area contributed by atoms with Gasteiger partial charge in [-0.3, -0.25) is 4.90 Å². The second kappa shape index (κ2) is 6.65. The molecule has 0 aliphatic heterocycles. The van der Waals surface area contributed by atoms with Crippen molar-refractivity contribution >= 4 is 5.69 Å². The van der Waals surface area contributed by atoms with Crippen LogP contribution in [0.2, 0.25) is 0 Å². The molecule has 1 aromatic carbocycles. The molecule has 0 spiro atoms. The van der Waals surface area contributed by atoms with Crippen molar-refractivity contribution in [2.45, 2.75) is 33.2 Å². The third kappa shape index (κ3) is 3.49. The Labute approximate surface area is 129 Å². The lowest BCUT2D eigenvalue weighted by atomic mass is 9.93. The first-order chi connectivity index (χ1) is 10.3. The topological polar surface area (TPSA) is 15.3 Å². The summed E-state index contributed by atoms with van der Waals surface area (Å²) >= 11 is 0. The summed E-state index contributed by atoms with van der Waals surface area (Å²) in [5.41, 5.74) is 2.70. The van der Waals surface area contributed by atoms with Crippen LogP contribution in [0.25, 0.3) is 0 Å². The standard InChI is InChI=1S/C19H28N2/c1-3-21(4-2)14-16-6-5-7-19(12-16)20-13-18-11-15-8-9-17(18)10-15/h5-9,12,15,17-18,20H,3-4,10-11,13-14H2,1-2H3. The minimum atomic E-state index is 0.835. The van der Waals surface area contributed by atoms with Crippen molar-refractivity contribution < 1.29 is 0 Å². The third-order valence-electron chi connectivity index (χ3n) is 5.21. The van der Waals surface area contributed by atoms with E-state index in [9.17, 15) is 0 Å². The molecule has 2 bridgehead atoms. The Hall–Kier alpha value is -1.28. The first-order valence-electron chi connectivity index (χ1n) is 8.52. The summed E-state index contributed by atoms with van der Waals surface area (Å²) in [7, 11) is 0. The van der Waals surface area contributed by atoms with E-state index in [-0.39, 0.29) is 0 Å². The van der Waals surface area contributed by atoms with Crippen LogP contribution >= 0.6 is 0 Å². The van der Waals surface area contributed by atoms with Gasteiger partial charge in [-0.2, -0.15) is 0 Å². The Morgan fingerprint density at radius 1 is 1.14 bits per heavy atom. The van der Waals surface area contributed by atoms with Crippen LogP contribution in [0.5, 0.6) is 0 Å². The van der Waals surface area contributed by atoms with Gasteiger partial charge >= 0.3 is 0 Å². The van der Waals surface area contributed by atoms with E-state index in [2.05, 4.69) is 60.5 Å². The quantitative estimate of drug-likeness (QED) is 0.757. The molecular formula is C19H28N2. The van der Waals surface area contributed by atoms with E-state index in [1.807, 2.05) is 0 Å². The van der Waals surface area contributed by atoms with E-state index >= 15 is 0 Å². The van der Waals surface area contributed by atoms with Gasteiger partial charge < -0.3 is 5.32 Å². The molecule has 0 heterocycles. The smallest absolute Gasteiger partial charge is 0.0343 e. The molecule has 0 radical (unpaired) electrons. The molecule has 1 aromatic rings. The normalized spacial score (nSPS) is 26.7. The van der Waals surface area contributed by atoms with Gasteiger partial charge in [0.1, 0.15) is 0 Å². The summed E-state index contributed by atoms with van der Waals surface area (Å²) in [6, 6.07) is 8.95. The Bertz CT molecular complexity index is 490. The minimum absolute atomic E-state index is 0.835. The van der Waals surface area contributed by atoms with Crippen LogP contribution in [0.1, 0.15) is 32.3 Å². The number of rotatable bonds is 7. The first kappa shape index (κ1) is 14.6. The van der Waals surface area contributed by atoms with Crippen molar-refractivity contribution in [3.05, 3.63) is 42.0 Å². The van der Waals surface area contributed by atoms with E-state index in [4.69, 9.17) is 0 Å². The Morgan fingerprint density at radius 3 is 2.67 bits per heavy atom. The summed E-state index contributed by atoms with van der Waals surface area (Å²) < 4.78 is 0. The molecule has 2 aliphatic rings. The lowest BCUT2D eigenvalue weighted by molar-refractivity contribution is 0.296. The number of hydrogen-bond acceptors (Lipinski definition) is 2. The summed E-state index contributed by atoms with van der Waals surface area (Å²) in [5, 5.41) is 3.67. The molecule has 3 unspecified atom stereocenters. The summed E-state index contributed by atoms with van der Waals surface area (Å²) in [5.74, 6) is 2.54. The predicted molar refractivity (Wildman–Crippen MR) is 90.4 cm³/mol. The van der Waals surface area contributed by atoms with Gasteiger partial charge in [-0.25, -0.2) is 0 Å². The zero-order valence-corrected chi connectivity index (χ0v) is 13.4. The van der Waals surface area contributed by atoms with Gasteiger partial charge in [0.15, 0.2) is 0 Å². The second-order valence-corrected chi connectivity index (χ2v) is 6.58. The number of allylic oxidation sites excluding steroid dienone is 2. The molecule has 1 fully saturated rings. The molecule has 0 aromatic heterocycles. The van der Waals surface area contributed by atoms with E-state index in [1.165, 1.54) is 24.1 Å². The molecule has 2 heteroatoms. The zero-order valence-electron chi connectivity index (χ0n) is 13.4. The molecule has 114 valence electrons. The SMILES string of the molecule is CCN(CC)Cc1cccc(NCC2CC3C=CC2C3)c1. The maximum atomic E-state index is 3.67. The lowest BCUT2D eigenvalue weighted by Crippen LogP contribution is -2.22. The molecule has 2 aliphatic carbocycles. The van der Waals surface area contributed by atoms with Crippen LogP contribution in [0.3, 0.4) is 0 Å². The maximum absolute atomic E-state index is 3.67. The molecule has 2 nitrogen and oxygen atoms in total. The van der Waals surface area contributed by atoms with E-state index in [0.29, 0.717) is 0 Å². The Balaban J connectivity index is 1.55. The van der Waals surface area contributed by atoms with Crippen molar-refractivity contribution in [2.24, 2.45) is 17.8 Å². The molecule has 1 N–H and O–H groups in total. The van der Waals surface area contributed by atoms with Crippen LogP contribution in [-0.2, 0) is 6.54 Å². The van der Waals surface area contributed by atoms with Gasteiger partial charge in [-0.05, 0) is 61.4 Å². The van der Waals surface area contributed by atoms with Crippen LogP contribution in [0.15, 0.2) is 36.4 Å².